The van der Waals surface area contributed by atoms with E-state index in [1.165, 1.54) is 0 Å². The van der Waals surface area contributed by atoms with Crippen molar-refractivity contribution in [2.75, 3.05) is 18.1 Å². The molecule has 25 heavy (non-hydrogen) atoms. The molecule has 5 heteroatoms. The Kier molecular flexibility index (Phi) is 7.51. The summed E-state index contributed by atoms with van der Waals surface area (Å²) in [4.78, 5) is 18.0. The van der Waals surface area contributed by atoms with Gasteiger partial charge in [0, 0.05) is 37.0 Å². The van der Waals surface area contributed by atoms with Crippen LogP contribution in [-0.2, 0) is 9.53 Å². The average Bonchev–Trinajstić information content (AvgIpc) is 2.62. The zero-order valence-electron chi connectivity index (χ0n) is 15.4. The fourth-order valence-corrected chi connectivity index (χ4v) is 2.53. The molecule has 0 fully saturated rings. The maximum atomic E-state index is 11.4. The summed E-state index contributed by atoms with van der Waals surface area (Å²) < 4.78 is 11.1. The molecule has 136 valence electrons. The number of esters is 1. The number of carbonyl (C=O) groups excluding carboxylic acids is 1. The van der Waals surface area contributed by atoms with Crippen LogP contribution >= 0.6 is 0 Å². The number of anilines is 1. The standard InChI is InChI=1S/C20H28N2O3/c1-4-6-12-24-19-9-7-8-18(14-19)22-11-10-21-17(15-22)13-16(3)25-20(23)5-2/h7-10,14-16H,4-6,11-13H2,1-3H3. The normalized spacial score (nSPS) is 14.8. The highest BCUT2D eigenvalue weighted by atomic mass is 16.5. The Morgan fingerprint density at radius 1 is 1.36 bits per heavy atom. The minimum Gasteiger partial charge on any atom is -0.494 e. The van der Waals surface area contributed by atoms with Gasteiger partial charge < -0.3 is 14.4 Å². The number of carbonyl (C=O) groups is 1. The van der Waals surface area contributed by atoms with E-state index < -0.39 is 0 Å². The molecular formula is C20H28N2O3. The molecule has 0 saturated carbocycles. The molecule has 1 aromatic rings. The zero-order valence-corrected chi connectivity index (χ0v) is 15.4. The predicted octanol–water partition coefficient (Wildman–Crippen LogP) is 4.33. The van der Waals surface area contributed by atoms with Gasteiger partial charge in [0.1, 0.15) is 11.9 Å². The van der Waals surface area contributed by atoms with Gasteiger partial charge in [0.2, 0.25) is 0 Å². The zero-order chi connectivity index (χ0) is 18.1. The lowest BCUT2D eigenvalue weighted by Crippen LogP contribution is -2.23. The summed E-state index contributed by atoms with van der Waals surface area (Å²) >= 11 is 0. The van der Waals surface area contributed by atoms with Crippen molar-refractivity contribution >= 4 is 17.9 Å². The number of ether oxygens (including phenoxy) is 2. The van der Waals surface area contributed by atoms with Gasteiger partial charge in [0.05, 0.1) is 18.8 Å². The van der Waals surface area contributed by atoms with Gasteiger partial charge in [-0.25, -0.2) is 0 Å². The first-order chi connectivity index (χ1) is 12.1. The maximum absolute atomic E-state index is 11.4. The Hall–Kier alpha value is -2.30. The highest BCUT2D eigenvalue weighted by Crippen LogP contribution is 2.24. The summed E-state index contributed by atoms with van der Waals surface area (Å²) in [6.07, 6.45) is 6.89. The van der Waals surface area contributed by atoms with Crippen molar-refractivity contribution in [3.63, 3.8) is 0 Å². The molecule has 1 atom stereocenters. The molecule has 2 rings (SSSR count). The molecule has 1 heterocycles. The fraction of sp³-hybridized carbons (Fsp3) is 0.500. The predicted molar refractivity (Wildman–Crippen MR) is 101 cm³/mol. The van der Waals surface area contributed by atoms with E-state index in [9.17, 15) is 4.79 Å². The van der Waals surface area contributed by atoms with Gasteiger partial charge in [0.25, 0.3) is 0 Å². The van der Waals surface area contributed by atoms with Crippen LogP contribution < -0.4 is 9.64 Å². The number of unbranched alkanes of at least 4 members (excludes halogenated alkanes) is 1. The molecule has 1 aliphatic heterocycles. The summed E-state index contributed by atoms with van der Waals surface area (Å²) in [6, 6.07) is 8.08. The van der Waals surface area contributed by atoms with Gasteiger partial charge in [0.15, 0.2) is 0 Å². The third kappa shape index (κ3) is 6.25. The first-order valence-electron chi connectivity index (χ1n) is 9.04. The van der Waals surface area contributed by atoms with Gasteiger partial charge in [-0.2, -0.15) is 0 Å². The van der Waals surface area contributed by atoms with E-state index >= 15 is 0 Å². The van der Waals surface area contributed by atoms with Gasteiger partial charge in [-0.1, -0.05) is 26.3 Å². The largest absolute Gasteiger partial charge is 0.494 e. The van der Waals surface area contributed by atoms with Gasteiger partial charge in [-0.15, -0.1) is 0 Å². The van der Waals surface area contributed by atoms with E-state index in [2.05, 4.69) is 22.9 Å². The monoisotopic (exact) mass is 344 g/mol. The van der Waals surface area contributed by atoms with Crippen LogP contribution in [0, 0.1) is 0 Å². The molecule has 0 amide bonds. The minimum atomic E-state index is -0.181. The van der Waals surface area contributed by atoms with Crippen molar-refractivity contribution in [3.8, 4) is 5.75 Å². The number of nitrogens with zero attached hydrogens (tertiary/aromatic N) is 2. The van der Waals surface area contributed by atoms with Gasteiger partial charge >= 0.3 is 5.97 Å². The highest BCUT2D eigenvalue weighted by Gasteiger charge is 2.14. The Balaban J connectivity index is 2.00. The summed E-state index contributed by atoms with van der Waals surface area (Å²) in [5.74, 6) is 0.704. The summed E-state index contributed by atoms with van der Waals surface area (Å²) in [7, 11) is 0. The SMILES string of the molecule is CCCCOc1cccc(N2C=C(CC(C)OC(=O)CC)N=CC2)c1. The van der Waals surface area contributed by atoms with E-state index in [1.54, 1.807) is 6.92 Å². The Labute approximate surface area is 150 Å². The van der Waals surface area contributed by atoms with E-state index in [1.807, 2.05) is 37.5 Å². The molecule has 1 aromatic carbocycles. The summed E-state index contributed by atoms with van der Waals surface area (Å²) in [6.45, 7) is 7.29. The molecule has 5 nitrogen and oxygen atoms in total. The minimum absolute atomic E-state index is 0.179. The lowest BCUT2D eigenvalue weighted by molar-refractivity contribution is -0.147. The van der Waals surface area contributed by atoms with Crippen LogP contribution in [0.3, 0.4) is 0 Å². The lowest BCUT2D eigenvalue weighted by atomic mass is 10.2. The van der Waals surface area contributed by atoms with Crippen LogP contribution in [0.25, 0.3) is 0 Å². The summed E-state index contributed by atoms with van der Waals surface area (Å²) in [5.41, 5.74) is 1.97. The molecule has 0 radical (unpaired) electrons. The molecule has 0 saturated heterocycles. The smallest absolute Gasteiger partial charge is 0.305 e. The molecule has 0 aromatic heterocycles. The Morgan fingerprint density at radius 3 is 2.96 bits per heavy atom. The number of benzene rings is 1. The third-order valence-electron chi connectivity index (χ3n) is 3.87. The van der Waals surface area contributed by atoms with E-state index in [-0.39, 0.29) is 12.1 Å². The van der Waals surface area contributed by atoms with Crippen LogP contribution in [0.1, 0.15) is 46.5 Å². The second-order valence-corrected chi connectivity index (χ2v) is 6.14. The quantitative estimate of drug-likeness (QED) is 0.494. The van der Waals surface area contributed by atoms with Crippen molar-refractivity contribution in [1.82, 2.24) is 0 Å². The molecule has 1 unspecified atom stereocenters. The van der Waals surface area contributed by atoms with Crippen LogP contribution in [0.2, 0.25) is 0 Å². The number of hydrogen-bond acceptors (Lipinski definition) is 5. The topological polar surface area (TPSA) is 51.1 Å². The van der Waals surface area contributed by atoms with Gasteiger partial charge in [-0.3, -0.25) is 9.79 Å². The second-order valence-electron chi connectivity index (χ2n) is 6.14. The van der Waals surface area contributed by atoms with Gasteiger partial charge in [-0.05, 0) is 25.5 Å². The van der Waals surface area contributed by atoms with Crippen molar-refractivity contribution in [3.05, 3.63) is 36.2 Å². The molecular weight excluding hydrogens is 316 g/mol. The van der Waals surface area contributed by atoms with Crippen molar-refractivity contribution in [2.45, 2.75) is 52.6 Å². The fourth-order valence-electron chi connectivity index (χ4n) is 2.53. The molecule has 0 N–H and O–H groups in total. The number of hydrogen-bond donors (Lipinski definition) is 0. The van der Waals surface area contributed by atoms with Crippen LogP contribution in [0.5, 0.6) is 5.75 Å². The first-order valence-corrected chi connectivity index (χ1v) is 9.04. The average molecular weight is 344 g/mol. The highest BCUT2D eigenvalue weighted by molar-refractivity contribution is 5.71. The van der Waals surface area contributed by atoms with Crippen molar-refractivity contribution in [2.24, 2.45) is 4.99 Å². The Bertz CT molecular complexity index is 625. The van der Waals surface area contributed by atoms with E-state index in [0.29, 0.717) is 19.4 Å². The van der Waals surface area contributed by atoms with E-state index in [4.69, 9.17) is 9.47 Å². The summed E-state index contributed by atoms with van der Waals surface area (Å²) in [5, 5.41) is 0. The molecule has 1 aliphatic rings. The van der Waals surface area contributed by atoms with Crippen molar-refractivity contribution in [1.29, 1.82) is 0 Å². The maximum Gasteiger partial charge on any atom is 0.305 e. The first kappa shape index (κ1) is 19.0. The third-order valence-corrected chi connectivity index (χ3v) is 3.87. The van der Waals surface area contributed by atoms with E-state index in [0.717, 1.165) is 36.6 Å². The molecule has 0 bridgehead atoms. The van der Waals surface area contributed by atoms with Crippen molar-refractivity contribution < 1.29 is 14.3 Å². The number of aliphatic imine (C=N–C) groups is 1. The van der Waals surface area contributed by atoms with Crippen LogP contribution in [0.15, 0.2) is 41.2 Å². The Morgan fingerprint density at radius 2 is 2.20 bits per heavy atom. The molecule has 0 aliphatic carbocycles. The second kappa shape index (κ2) is 9.87. The lowest BCUT2D eigenvalue weighted by Gasteiger charge is -2.24. The molecule has 0 spiro atoms. The number of rotatable bonds is 9. The van der Waals surface area contributed by atoms with Crippen LogP contribution in [0.4, 0.5) is 5.69 Å². The van der Waals surface area contributed by atoms with Crippen LogP contribution in [-0.4, -0.2) is 31.4 Å².